The minimum absolute atomic E-state index is 0.130. The van der Waals surface area contributed by atoms with Gasteiger partial charge in [0.15, 0.2) is 5.76 Å². The fourth-order valence-electron chi connectivity index (χ4n) is 2.65. The number of nitrogens with zero attached hydrogens (tertiary/aromatic N) is 2. The average molecular weight is 375 g/mol. The van der Waals surface area contributed by atoms with E-state index in [1.165, 1.54) is 25.2 Å². The highest BCUT2D eigenvalue weighted by Crippen LogP contribution is 2.30. The Hall–Kier alpha value is -3.56. The molecule has 1 saturated heterocycles. The Morgan fingerprint density at radius 2 is 1.96 bits per heavy atom. The summed E-state index contributed by atoms with van der Waals surface area (Å²) in [6, 6.07) is 7.39. The fraction of sp³-hybridized carbons (Fsp3) is 0.294. The average Bonchev–Trinajstić information content (AvgIpc) is 3.10. The van der Waals surface area contributed by atoms with Crippen molar-refractivity contribution in [2.24, 2.45) is 5.92 Å². The van der Waals surface area contributed by atoms with Crippen molar-refractivity contribution in [3.05, 3.63) is 46.2 Å². The molecule has 1 aliphatic rings. The number of likely N-dealkylation sites (tertiary alicyclic amines) is 1. The zero-order valence-corrected chi connectivity index (χ0v) is 14.6. The molecule has 0 bridgehead atoms. The Morgan fingerprint density at radius 3 is 2.56 bits per heavy atom. The number of furan rings is 1. The van der Waals surface area contributed by atoms with Crippen LogP contribution in [0.4, 0.5) is 11.6 Å². The Morgan fingerprint density at radius 1 is 1.22 bits per heavy atom. The van der Waals surface area contributed by atoms with Crippen molar-refractivity contribution in [3.8, 4) is 11.5 Å². The van der Waals surface area contributed by atoms with E-state index in [1.807, 2.05) is 0 Å². The Bertz CT molecular complexity index is 886. The van der Waals surface area contributed by atoms with Crippen molar-refractivity contribution < 1.29 is 28.4 Å². The number of nitrogens with one attached hydrogen (secondary N) is 1. The molecule has 2 amide bonds. The minimum Gasteiger partial charge on any atom is -0.497 e. The van der Waals surface area contributed by atoms with Crippen molar-refractivity contribution in [1.29, 1.82) is 0 Å². The summed E-state index contributed by atoms with van der Waals surface area (Å²) >= 11 is 0. The number of hydrogen-bond acceptors (Lipinski definition) is 7. The van der Waals surface area contributed by atoms with Crippen LogP contribution in [0, 0.1) is 16.0 Å². The molecule has 1 aliphatic heterocycles. The normalized spacial score (nSPS) is 13.6. The van der Waals surface area contributed by atoms with Gasteiger partial charge in [0.2, 0.25) is 5.91 Å². The molecule has 142 valence electrons. The second kappa shape index (κ2) is 7.36. The summed E-state index contributed by atoms with van der Waals surface area (Å²) in [5, 5.41) is 13.4. The number of methoxy groups -OCH3 is 2. The van der Waals surface area contributed by atoms with Crippen molar-refractivity contribution in [2.75, 3.05) is 32.6 Å². The maximum atomic E-state index is 12.4. The van der Waals surface area contributed by atoms with E-state index in [1.54, 1.807) is 18.2 Å². The zero-order chi connectivity index (χ0) is 19.6. The van der Waals surface area contributed by atoms with Crippen LogP contribution in [0.1, 0.15) is 10.6 Å². The van der Waals surface area contributed by atoms with Gasteiger partial charge in [-0.15, -0.1) is 0 Å². The summed E-state index contributed by atoms with van der Waals surface area (Å²) in [6.07, 6.45) is 0. The Kier molecular flexibility index (Phi) is 4.97. The molecule has 27 heavy (non-hydrogen) atoms. The monoisotopic (exact) mass is 375 g/mol. The summed E-state index contributed by atoms with van der Waals surface area (Å²) in [6.45, 7) is 0.372. The first-order valence-electron chi connectivity index (χ1n) is 7.99. The molecule has 10 heteroatoms. The number of ether oxygens (including phenoxy) is 2. The van der Waals surface area contributed by atoms with Crippen molar-refractivity contribution in [3.63, 3.8) is 0 Å². The molecule has 0 radical (unpaired) electrons. The number of carbonyl (C=O) groups excluding carboxylic acids is 2. The number of nitro groups is 1. The Balaban J connectivity index is 1.60. The highest BCUT2D eigenvalue weighted by molar-refractivity contribution is 5.98. The van der Waals surface area contributed by atoms with Crippen LogP contribution in [0.2, 0.25) is 0 Å². The van der Waals surface area contributed by atoms with Crippen LogP contribution in [0.25, 0.3) is 0 Å². The number of amides is 2. The van der Waals surface area contributed by atoms with E-state index in [0.29, 0.717) is 17.2 Å². The smallest absolute Gasteiger partial charge is 0.433 e. The predicted octanol–water partition coefficient (Wildman–Crippen LogP) is 1.92. The second-order valence-corrected chi connectivity index (χ2v) is 5.86. The van der Waals surface area contributed by atoms with Crippen LogP contribution in [-0.2, 0) is 4.79 Å². The molecule has 0 unspecified atom stereocenters. The molecule has 1 aromatic heterocycles. The molecule has 2 aromatic rings. The van der Waals surface area contributed by atoms with Gasteiger partial charge in [-0.05, 0) is 18.2 Å². The summed E-state index contributed by atoms with van der Waals surface area (Å²) in [7, 11) is 3.01. The summed E-state index contributed by atoms with van der Waals surface area (Å²) in [5.74, 6) is -0.750. The van der Waals surface area contributed by atoms with Crippen LogP contribution in [0.3, 0.4) is 0 Å². The number of anilines is 1. The van der Waals surface area contributed by atoms with Crippen LogP contribution in [0.5, 0.6) is 11.5 Å². The topological polar surface area (TPSA) is 124 Å². The first-order valence-corrected chi connectivity index (χ1v) is 7.99. The van der Waals surface area contributed by atoms with Gasteiger partial charge < -0.3 is 24.1 Å². The van der Waals surface area contributed by atoms with Gasteiger partial charge in [-0.3, -0.25) is 19.7 Å². The molecule has 10 nitrogen and oxygen atoms in total. The summed E-state index contributed by atoms with van der Waals surface area (Å²) in [5.41, 5.74) is 0.466. The SMILES string of the molecule is COc1ccc(OC)c(NC(=O)C2CN(C(=O)c3ccc([N+](=O)[O-])o3)C2)c1. The molecule has 3 rings (SSSR count). The van der Waals surface area contributed by atoms with E-state index in [2.05, 4.69) is 5.32 Å². The molecular weight excluding hydrogens is 358 g/mol. The predicted molar refractivity (Wildman–Crippen MR) is 92.9 cm³/mol. The first kappa shape index (κ1) is 18.2. The largest absolute Gasteiger partial charge is 0.497 e. The lowest BCUT2D eigenvalue weighted by Crippen LogP contribution is -2.54. The van der Waals surface area contributed by atoms with Gasteiger partial charge in [-0.25, -0.2) is 0 Å². The quantitative estimate of drug-likeness (QED) is 0.604. The van der Waals surface area contributed by atoms with Gasteiger partial charge in [0.1, 0.15) is 16.4 Å². The molecule has 0 spiro atoms. The van der Waals surface area contributed by atoms with E-state index in [9.17, 15) is 19.7 Å². The van der Waals surface area contributed by atoms with E-state index in [0.717, 1.165) is 6.07 Å². The minimum atomic E-state index is -0.718. The highest BCUT2D eigenvalue weighted by atomic mass is 16.6. The van der Waals surface area contributed by atoms with Crippen LogP contribution < -0.4 is 14.8 Å². The molecule has 1 N–H and O–H groups in total. The third kappa shape index (κ3) is 3.68. The third-order valence-electron chi connectivity index (χ3n) is 4.19. The van der Waals surface area contributed by atoms with E-state index in [4.69, 9.17) is 13.9 Å². The van der Waals surface area contributed by atoms with Gasteiger partial charge in [-0.2, -0.15) is 0 Å². The van der Waals surface area contributed by atoms with Crippen LogP contribution >= 0.6 is 0 Å². The third-order valence-corrected chi connectivity index (χ3v) is 4.19. The number of hydrogen-bond donors (Lipinski definition) is 1. The van der Waals surface area contributed by atoms with Crippen molar-refractivity contribution >= 4 is 23.4 Å². The van der Waals surface area contributed by atoms with Crippen LogP contribution in [-0.4, -0.2) is 48.9 Å². The van der Waals surface area contributed by atoms with Crippen molar-refractivity contribution in [2.45, 2.75) is 0 Å². The number of benzene rings is 1. The van der Waals surface area contributed by atoms with Gasteiger partial charge >= 0.3 is 5.88 Å². The number of carbonyl (C=O) groups is 2. The molecule has 2 heterocycles. The lowest BCUT2D eigenvalue weighted by Gasteiger charge is -2.37. The van der Waals surface area contributed by atoms with E-state index < -0.39 is 22.6 Å². The van der Waals surface area contributed by atoms with Gasteiger partial charge in [-0.1, -0.05) is 0 Å². The zero-order valence-electron chi connectivity index (χ0n) is 14.6. The molecule has 1 aromatic carbocycles. The highest BCUT2D eigenvalue weighted by Gasteiger charge is 2.37. The molecule has 0 aliphatic carbocycles. The standard InChI is InChI=1S/C17H17N3O7/c1-25-11-3-4-13(26-2)12(7-11)18-16(21)10-8-19(9-10)17(22)14-5-6-15(27-14)20(23)24/h3-7,10H,8-9H2,1-2H3,(H,18,21). The van der Waals surface area contributed by atoms with Gasteiger partial charge in [0.05, 0.1) is 31.9 Å². The summed E-state index contributed by atoms with van der Waals surface area (Å²) < 4.78 is 15.2. The van der Waals surface area contributed by atoms with Gasteiger partial charge in [0.25, 0.3) is 5.91 Å². The van der Waals surface area contributed by atoms with Gasteiger partial charge in [0, 0.05) is 19.2 Å². The first-order chi connectivity index (χ1) is 12.9. The summed E-state index contributed by atoms with van der Waals surface area (Å²) in [4.78, 5) is 35.9. The number of rotatable bonds is 6. The fourth-order valence-corrected chi connectivity index (χ4v) is 2.65. The molecule has 1 fully saturated rings. The molecular formula is C17H17N3O7. The molecule has 0 atom stereocenters. The van der Waals surface area contributed by atoms with Crippen LogP contribution in [0.15, 0.2) is 34.7 Å². The lowest BCUT2D eigenvalue weighted by atomic mass is 9.98. The maximum absolute atomic E-state index is 12.4. The maximum Gasteiger partial charge on any atom is 0.433 e. The lowest BCUT2D eigenvalue weighted by molar-refractivity contribution is -0.402. The Labute approximate surface area is 153 Å². The second-order valence-electron chi connectivity index (χ2n) is 5.86. The molecule has 0 saturated carbocycles. The van der Waals surface area contributed by atoms with E-state index >= 15 is 0 Å². The van der Waals surface area contributed by atoms with Crippen molar-refractivity contribution in [1.82, 2.24) is 4.90 Å². The van der Waals surface area contributed by atoms with E-state index in [-0.39, 0.29) is 24.8 Å².